The normalized spacial score (nSPS) is 23.1. The van der Waals surface area contributed by atoms with Crippen molar-refractivity contribution in [3.8, 4) is 5.75 Å². The zero-order chi connectivity index (χ0) is 14.7. The summed E-state index contributed by atoms with van der Waals surface area (Å²) in [6.07, 6.45) is 4.88. The first-order valence-corrected chi connectivity index (χ1v) is 7.49. The molecule has 2 unspecified atom stereocenters. The molecule has 2 atom stereocenters. The molecule has 110 valence electrons. The van der Waals surface area contributed by atoms with Crippen molar-refractivity contribution in [1.82, 2.24) is 0 Å². The average Bonchev–Trinajstić information content (AvgIpc) is 2.60. The highest BCUT2D eigenvalue weighted by atomic mass is 35.5. The smallest absolute Gasteiger partial charge is 0.229 e. The lowest BCUT2D eigenvalue weighted by atomic mass is 9.94. The second-order valence-electron chi connectivity index (χ2n) is 5.19. The molecule has 0 bridgehead atoms. The Hall–Kier alpha value is -0.970. The summed E-state index contributed by atoms with van der Waals surface area (Å²) in [5, 5.41) is 12.5. The van der Waals surface area contributed by atoms with Crippen molar-refractivity contribution in [1.29, 1.82) is 0 Å². The van der Waals surface area contributed by atoms with Gasteiger partial charge in [0.1, 0.15) is 0 Å². The number of amides is 1. The van der Waals surface area contributed by atoms with E-state index in [2.05, 4.69) is 5.32 Å². The highest BCUT2D eigenvalue weighted by molar-refractivity contribution is 6.37. The number of aromatic hydroxyl groups is 1. The second-order valence-corrected chi connectivity index (χ2v) is 6.00. The molecule has 0 saturated heterocycles. The molecular formula is C14H18Cl2N2O2. The first-order valence-electron chi connectivity index (χ1n) is 6.73. The van der Waals surface area contributed by atoms with Crippen molar-refractivity contribution in [2.75, 3.05) is 5.32 Å². The van der Waals surface area contributed by atoms with E-state index in [0.717, 1.165) is 32.1 Å². The number of carbonyl (C=O) groups excluding carboxylic acids is 1. The Morgan fingerprint density at radius 1 is 1.20 bits per heavy atom. The molecule has 1 fully saturated rings. The predicted molar refractivity (Wildman–Crippen MR) is 81.3 cm³/mol. The Morgan fingerprint density at radius 2 is 1.80 bits per heavy atom. The maximum Gasteiger partial charge on any atom is 0.229 e. The van der Waals surface area contributed by atoms with Crippen molar-refractivity contribution in [3.05, 3.63) is 22.2 Å². The fraction of sp³-hybridized carbons (Fsp3) is 0.500. The molecule has 1 aromatic carbocycles. The first-order chi connectivity index (χ1) is 9.49. The van der Waals surface area contributed by atoms with Gasteiger partial charge in [0, 0.05) is 11.7 Å². The van der Waals surface area contributed by atoms with Crippen molar-refractivity contribution < 1.29 is 9.90 Å². The van der Waals surface area contributed by atoms with Crippen molar-refractivity contribution >= 4 is 34.8 Å². The van der Waals surface area contributed by atoms with Crippen LogP contribution in [0.25, 0.3) is 0 Å². The number of hydrogen-bond donors (Lipinski definition) is 3. The Morgan fingerprint density at radius 3 is 2.45 bits per heavy atom. The van der Waals surface area contributed by atoms with Crippen LogP contribution in [-0.4, -0.2) is 17.1 Å². The Kier molecular flexibility index (Phi) is 5.13. The largest absolute Gasteiger partial charge is 0.505 e. The van der Waals surface area contributed by atoms with Crippen LogP contribution >= 0.6 is 23.2 Å². The fourth-order valence-electron chi connectivity index (χ4n) is 2.53. The van der Waals surface area contributed by atoms with E-state index in [1.165, 1.54) is 12.1 Å². The molecule has 4 nitrogen and oxygen atoms in total. The van der Waals surface area contributed by atoms with Crippen molar-refractivity contribution in [3.63, 3.8) is 0 Å². The van der Waals surface area contributed by atoms with E-state index in [4.69, 9.17) is 28.9 Å². The molecule has 0 heterocycles. The van der Waals surface area contributed by atoms with Crippen LogP contribution in [0.5, 0.6) is 5.75 Å². The predicted octanol–water partition coefficient (Wildman–Crippen LogP) is 3.55. The zero-order valence-corrected chi connectivity index (χ0v) is 12.5. The van der Waals surface area contributed by atoms with Crippen molar-refractivity contribution in [2.45, 2.75) is 38.1 Å². The van der Waals surface area contributed by atoms with Gasteiger partial charge < -0.3 is 16.2 Å². The van der Waals surface area contributed by atoms with Gasteiger partial charge in [-0.3, -0.25) is 4.79 Å². The molecule has 2 rings (SSSR count). The molecule has 1 aliphatic rings. The van der Waals surface area contributed by atoms with E-state index >= 15 is 0 Å². The SMILES string of the molecule is NC1CCCCCC1C(=O)Nc1cc(Cl)c(O)c(Cl)c1. The lowest BCUT2D eigenvalue weighted by molar-refractivity contribution is -0.120. The van der Waals surface area contributed by atoms with Crippen LogP contribution in [0, 0.1) is 5.92 Å². The van der Waals surface area contributed by atoms with Gasteiger partial charge in [0.25, 0.3) is 0 Å². The van der Waals surface area contributed by atoms with Crippen molar-refractivity contribution in [2.24, 2.45) is 11.7 Å². The number of halogens is 2. The molecule has 4 N–H and O–H groups in total. The van der Waals surface area contributed by atoms with E-state index in [0.29, 0.717) is 5.69 Å². The van der Waals surface area contributed by atoms with E-state index in [1.807, 2.05) is 0 Å². The number of rotatable bonds is 2. The molecule has 6 heteroatoms. The maximum atomic E-state index is 12.3. The number of nitrogens with one attached hydrogen (secondary N) is 1. The zero-order valence-electron chi connectivity index (χ0n) is 11.0. The Balaban J connectivity index is 2.10. The van der Waals surface area contributed by atoms with Crippen LogP contribution in [0.3, 0.4) is 0 Å². The van der Waals surface area contributed by atoms with E-state index in [1.54, 1.807) is 0 Å². The third-order valence-corrected chi connectivity index (χ3v) is 4.27. The molecule has 20 heavy (non-hydrogen) atoms. The molecule has 1 amide bonds. The second kappa shape index (κ2) is 6.66. The number of nitrogens with two attached hydrogens (primary N) is 1. The lowest BCUT2D eigenvalue weighted by Gasteiger charge is -2.20. The van der Waals surface area contributed by atoms with Gasteiger partial charge in [0.05, 0.1) is 16.0 Å². The number of phenolic OH excluding ortho intramolecular Hbond substituents is 1. The first kappa shape index (κ1) is 15.4. The average molecular weight is 317 g/mol. The van der Waals surface area contributed by atoms with Crippen LogP contribution in [0.4, 0.5) is 5.69 Å². The highest BCUT2D eigenvalue weighted by Gasteiger charge is 2.27. The minimum Gasteiger partial charge on any atom is -0.505 e. The minimum atomic E-state index is -0.191. The molecule has 0 aromatic heterocycles. The van der Waals surface area contributed by atoms with E-state index < -0.39 is 0 Å². The van der Waals surface area contributed by atoms with Crippen LogP contribution in [0.1, 0.15) is 32.1 Å². The van der Waals surface area contributed by atoms with Gasteiger partial charge in [-0.1, -0.05) is 42.5 Å². The third-order valence-electron chi connectivity index (χ3n) is 3.69. The van der Waals surface area contributed by atoms with Gasteiger partial charge in [0.2, 0.25) is 5.91 Å². The van der Waals surface area contributed by atoms with Gasteiger partial charge >= 0.3 is 0 Å². The molecule has 1 aromatic rings. The standard InChI is InChI=1S/C14H18Cl2N2O2/c15-10-6-8(7-11(16)13(10)19)18-14(20)9-4-2-1-3-5-12(9)17/h6-7,9,12,19H,1-5,17H2,(H,18,20). The molecule has 1 aliphatic carbocycles. The third kappa shape index (κ3) is 3.57. The van der Waals surface area contributed by atoms with E-state index in [9.17, 15) is 9.90 Å². The Labute approximate surface area is 128 Å². The van der Waals surface area contributed by atoms with Gasteiger partial charge in [0.15, 0.2) is 5.75 Å². The maximum absolute atomic E-state index is 12.3. The number of benzene rings is 1. The number of hydrogen-bond acceptors (Lipinski definition) is 3. The van der Waals surface area contributed by atoms with Gasteiger partial charge in [-0.25, -0.2) is 0 Å². The summed E-state index contributed by atoms with van der Waals surface area (Å²) in [4.78, 5) is 12.3. The number of phenols is 1. The monoisotopic (exact) mass is 316 g/mol. The summed E-state index contributed by atoms with van der Waals surface area (Å²) in [5.74, 6) is -0.487. The topological polar surface area (TPSA) is 75.4 Å². The van der Waals surface area contributed by atoms with Crippen LogP contribution in [0.2, 0.25) is 10.0 Å². The number of anilines is 1. The summed E-state index contributed by atoms with van der Waals surface area (Å²) < 4.78 is 0. The summed E-state index contributed by atoms with van der Waals surface area (Å²) in [5.41, 5.74) is 6.54. The van der Waals surface area contributed by atoms with Gasteiger partial charge in [-0.15, -0.1) is 0 Å². The fourth-order valence-corrected chi connectivity index (χ4v) is 3.02. The molecule has 1 saturated carbocycles. The summed E-state index contributed by atoms with van der Waals surface area (Å²) in [6.45, 7) is 0. The van der Waals surface area contributed by atoms with Gasteiger partial charge in [-0.2, -0.15) is 0 Å². The summed E-state index contributed by atoms with van der Waals surface area (Å²) >= 11 is 11.7. The molecule has 0 aliphatic heterocycles. The van der Waals surface area contributed by atoms with E-state index in [-0.39, 0.29) is 33.7 Å². The molecule has 0 spiro atoms. The summed E-state index contributed by atoms with van der Waals surface area (Å²) in [6, 6.07) is 2.84. The Bertz CT molecular complexity index is 485. The van der Waals surface area contributed by atoms with Crippen LogP contribution < -0.4 is 11.1 Å². The molecular weight excluding hydrogens is 299 g/mol. The molecule has 0 radical (unpaired) electrons. The van der Waals surface area contributed by atoms with Crippen LogP contribution in [-0.2, 0) is 4.79 Å². The van der Waals surface area contributed by atoms with Gasteiger partial charge in [-0.05, 0) is 25.0 Å². The summed E-state index contributed by atoms with van der Waals surface area (Å²) in [7, 11) is 0. The lowest BCUT2D eigenvalue weighted by Crippen LogP contribution is -2.37. The number of carbonyl (C=O) groups is 1. The van der Waals surface area contributed by atoms with Crippen LogP contribution in [0.15, 0.2) is 12.1 Å². The highest BCUT2D eigenvalue weighted by Crippen LogP contribution is 2.35. The quantitative estimate of drug-likeness (QED) is 0.577. The minimum absolute atomic E-state index is 0.109.